The molecule has 1 fully saturated rings. The number of nitrogens with zero attached hydrogens (tertiary/aromatic N) is 1. The van der Waals surface area contributed by atoms with Crippen molar-refractivity contribution in [3.8, 4) is 0 Å². The van der Waals surface area contributed by atoms with E-state index in [1.165, 1.54) is 42.1 Å². The van der Waals surface area contributed by atoms with Gasteiger partial charge in [-0.25, -0.2) is 8.42 Å². The monoisotopic (exact) mass is 410 g/mol. The highest BCUT2D eigenvalue weighted by Gasteiger charge is 2.22. The molecule has 0 aromatic heterocycles. The van der Waals surface area contributed by atoms with Crippen molar-refractivity contribution in [2.75, 3.05) is 25.0 Å². The van der Waals surface area contributed by atoms with E-state index >= 15 is 0 Å². The number of rotatable bonds is 10. The first-order chi connectivity index (χ1) is 13.4. The van der Waals surface area contributed by atoms with Crippen LogP contribution < -0.4 is 5.32 Å². The molecule has 8 heteroatoms. The van der Waals surface area contributed by atoms with Crippen molar-refractivity contribution in [1.82, 2.24) is 4.31 Å². The molecule has 1 N–H and O–H groups in total. The molecule has 0 aliphatic heterocycles. The van der Waals surface area contributed by atoms with Crippen LogP contribution in [0.15, 0.2) is 29.2 Å². The van der Waals surface area contributed by atoms with Gasteiger partial charge in [0, 0.05) is 25.2 Å². The number of amides is 1. The van der Waals surface area contributed by atoms with E-state index in [1.54, 1.807) is 26.0 Å². The highest BCUT2D eigenvalue weighted by molar-refractivity contribution is 7.89. The summed E-state index contributed by atoms with van der Waals surface area (Å²) in [4.78, 5) is 23.9. The molecule has 1 aliphatic rings. The van der Waals surface area contributed by atoms with Crippen molar-refractivity contribution in [3.63, 3.8) is 0 Å². The van der Waals surface area contributed by atoms with Gasteiger partial charge in [0.15, 0.2) is 6.61 Å². The predicted molar refractivity (Wildman–Crippen MR) is 107 cm³/mol. The van der Waals surface area contributed by atoms with Gasteiger partial charge in [0.05, 0.1) is 4.90 Å². The van der Waals surface area contributed by atoms with E-state index in [0.29, 0.717) is 31.1 Å². The Labute approximate surface area is 167 Å². The zero-order chi connectivity index (χ0) is 20.6. The third-order valence-electron chi connectivity index (χ3n) is 5.06. The van der Waals surface area contributed by atoms with Crippen LogP contribution in [0.1, 0.15) is 52.4 Å². The maximum Gasteiger partial charge on any atom is 0.306 e. The Morgan fingerprint density at radius 2 is 1.86 bits per heavy atom. The minimum atomic E-state index is -3.60. The number of hydrogen-bond donors (Lipinski definition) is 1. The summed E-state index contributed by atoms with van der Waals surface area (Å²) < 4.78 is 31.5. The van der Waals surface area contributed by atoms with Crippen molar-refractivity contribution >= 4 is 27.6 Å². The molecule has 1 aromatic rings. The number of nitrogens with one attached hydrogen (secondary N) is 1. The molecule has 0 heterocycles. The van der Waals surface area contributed by atoms with Crippen LogP contribution in [-0.4, -0.2) is 44.3 Å². The van der Waals surface area contributed by atoms with E-state index in [0.717, 1.165) is 6.42 Å². The van der Waals surface area contributed by atoms with E-state index in [2.05, 4.69) is 5.32 Å². The summed E-state index contributed by atoms with van der Waals surface area (Å²) >= 11 is 0. The molecule has 156 valence electrons. The average Bonchev–Trinajstić information content (AvgIpc) is 3.19. The number of hydrogen-bond acceptors (Lipinski definition) is 5. The van der Waals surface area contributed by atoms with E-state index < -0.39 is 15.9 Å². The van der Waals surface area contributed by atoms with Crippen molar-refractivity contribution in [2.45, 2.75) is 57.3 Å². The normalized spacial score (nSPS) is 15.0. The Morgan fingerprint density at radius 1 is 1.18 bits per heavy atom. The van der Waals surface area contributed by atoms with Gasteiger partial charge in [0.2, 0.25) is 10.0 Å². The molecule has 0 radical (unpaired) electrons. The summed E-state index contributed by atoms with van der Waals surface area (Å²) in [6, 6.07) is 6.07. The van der Waals surface area contributed by atoms with Crippen LogP contribution in [0.4, 0.5) is 5.69 Å². The zero-order valence-corrected chi connectivity index (χ0v) is 17.5. The molecule has 7 nitrogen and oxygen atoms in total. The lowest BCUT2D eigenvalue weighted by molar-refractivity contribution is -0.147. The maximum absolute atomic E-state index is 12.6. The standard InChI is InChI=1S/C20H30N2O5S/c1-3-22(4-2)28(25,26)18-11-7-10-17(14-18)21-19(23)15-27-20(24)13-12-16-8-5-6-9-16/h7,10-11,14,16H,3-6,8-9,12-13,15H2,1-2H3,(H,21,23). The molecule has 1 amide bonds. The first-order valence-corrected chi connectivity index (χ1v) is 11.4. The molecule has 0 spiro atoms. The van der Waals surface area contributed by atoms with Crippen LogP contribution >= 0.6 is 0 Å². The zero-order valence-electron chi connectivity index (χ0n) is 16.6. The van der Waals surface area contributed by atoms with Crippen LogP contribution in [0.25, 0.3) is 0 Å². The fraction of sp³-hybridized carbons (Fsp3) is 0.600. The SMILES string of the molecule is CCN(CC)S(=O)(=O)c1cccc(NC(=O)COC(=O)CCC2CCCC2)c1. The lowest BCUT2D eigenvalue weighted by Crippen LogP contribution is -2.30. The lowest BCUT2D eigenvalue weighted by Gasteiger charge is -2.18. The molecular formula is C20H30N2O5S. The fourth-order valence-corrected chi connectivity index (χ4v) is 4.99. The van der Waals surface area contributed by atoms with Crippen LogP contribution in [0, 0.1) is 5.92 Å². The van der Waals surface area contributed by atoms with Crippen molar-refractivity contribution in [1.29, 1.82) is 0 Å². The number of carbonyl (C=O) groups excluding carboxylic acids is 2. The largest absolute Gasteiger partial charge is 0.456 e. The highest BCUT2D eigenvalue weighted by atomic mass is 32.2. The number of ether oxygens (including phenoxy) is 1. The van der Waals surface area contributed by atoms with E-state index in [-0.39, 0.29) is 17.5 Å². The molecule has 0 saturated heterocycles. The third-order valence-corrected chi connectivity index (χ3v) is 7.10. The quantitative estimate of drug-likeness (QED) is 0.598. The number of benzene rings is 1. The molecule has 0 unspecified atom stereocenters. The number of esters is 1. The molecule has 28 heavy (non-hydrogen) atoms. The first-order valence-electron chi connectivity index (χ1n) is 9.92. The Kier molecular flexibility index (Phi) is 8.44. The fourth-order valence-electron chi connectivity index (χ4n) is 3.48. The van der Waals surface area contributed by atoms with Crippen molar-refractivity contribution < 1.29 is 22.7 Å². The summed E-state index contributed by atoms with van der Waals surface area (Å²) in [5.41, 5.74) is 0.347. The topological polar surface area (TPSA) is 92.8 Å². The smallest absolute Gasteiger partial charge is 0.306 e. The summed E-state index contributed by atoms with van der Waals surface area (Å²) in [7, 11) is -3.60. The second kappa shape index (κ2) is 10.6. The van der Waals surface area contributed by atoms with Gasteiger partial charge in [-0.05, 0) is 30.5 Å². The Hall–Kier alpha value is -1.93. The average molecular weight is 411 g/mol. The second-order valence-corrected chi connectivity index (χ2v) is 8.95. The highest BCUT2D eigenvalue weighted by Crippen LogP contribution is 2.28. The summed E-state index contributed by atoms with van der Waals surface area (Å²) in [5, 5.41) is 2.58. The lowest BCUT2D eigenvalue weighted by atomic mass is 10.0. The number of carbonyl (C=O) groups is 2. The van der Waals surface area contributed by atoms with Gasteiger partial charge in [0.1, 0.15) is 0 Å². The maximum atomic E-state index is 12.6. The third kappa shape index (κ3) is 6.31. The molecule has 0 bridgehead atoms. The summed E-state index contributed by atoms with van der Waals surface area (Å²) in [5.74, 6) is -0.275. The van der Waals surface area contributed by atoms with Gasteiger partial charge < -0.3 is 10.1 Å². The Bertz CT molecular complexity index is 769. The summed E-state index contributed by atoms with van der Waals surface area (Å²) in [6.07, 6.45) is 5.93. The van der Waals surface area contributed by atoms with Crippen LogP contribution in [0.2, 0.25) is 0 Å². The van der Waals surface area contributed by atoms with Gasteiger partial charge in [-0.1, -0.05) is 45.6 Å². The van der Waals surface area contributed by atoms with E-state index in [9.17, 15) is 18.0 Å². The second-order valence-electron chi connectivity index (χ2n) is 7.02. The van der Waals surface area contributed by atoms with Gasteiger partial charge in [0.25, 0.3) is 5.91 Å². The molecule has 0 atom stereocenters. The van der Waals surface area contributed by atoms with Crippen LogP contribution in [0.3, 0.4) is 0 Å². The van der Waals surface area contributed by atoms with E-state index in [1.807, 2.05) is 0 Å². The minimum absolute atomic E-state index is 0.113. The molecule has 1 aromatic carbocycles. The first kappa shape index (κ1) is 22.4. The number of sulfonamides is 1. The molecular weight excluding hydrogens is 380 g/mol. The Balaban J connectivity index is 1.85. The van der Waals surface area contributed by atoms with Gasteiger partial charge in [-0.2, -0.15) is 4.31 Å². The summed E-state index contributed by atoms with van der Waals surface area (Å²) in [6.45, 7) is 3.90. The van der Waals surface area contributed by atoms with E-state index in [4.69, 9.17) is 4.74 Å². The minimum Gasteiger partial charge on any atom is -0.456 e. The van der Waals surface area contributed by atoms with Crippen LogP contribution in [0.5, 0.6) is 0 Å². The van der Waals surface area contributed by atoms with Gasteiger partial charge in [-0.15, -0.1) is 0 Å². The van der Waals surface area contributed by atoms with Gasteiger partial charge in [-0.3, -0.25) is 9.59 Å². The molecule has 1 saturated carbocycles. The van der Waals surface area contributed by atoms with Crippen molar-refractivity contribution in [3.05, 3.63) is 24.3 Å². The molecule has 2 rings (SSSR count). The predicted octanol–water partition coefficient (Wildman–Crippen LogP) is 3.17. The van der Waals surface area contributed by atoms with Crippen LogP contribution in [-0.2, 0) is 24.3 Å². The van der Waals surface area contributed by atoms with Gasteiger partial charge >= 0.3 is 5.97 Å². The number of anilines is 1. The molecule has 1 aliphatic carbocycles. The van der Waals surface area contributed by atoms with Crippen molar-refractivity contribution in [2.24, 2.45) is 5.92 Å². The Morgan fingerprint density at radius 3 is 2.50 bits per heavy atom.